The summed E-state index contributed by atoms with van der Waals surface area (Å²) < 4.78 is 2.48. The first-order chi connectivity index (χ1) is 17.4. The van der Waals surface area contributed by atoms with E-state index in [0.717, 1.165) is 38.0 Å². The molecule has 1 N–H and O–H groups in total. The predicted octanol–water partition coefficient (Wildman–Crippen LogP) is 7.89. The normalized spacial score (nSPS) is 21.6. The summed E-state index contributed by atoms with van der Waals surface area (Å²) in [7, 11) is 0. The van der Waals surface area contributed by atoms with Crippen molar-refractivity contribution in [1.82, 2.24) is 4.57 Å². The number of carbonyl (C=O) groups is 1. The Hall–Kier alpha value is -3.01. The number of nitrogens with zero attached hydrogens (tertiary/aromatic N) is 2. The molecule has 4 heteroatoms. The number of hydrogen-bond donors (Lipinski definition) is 1. The average molecular weight is 483 g/mol. The third-order valence-corrected chi connectivity index (χ3v) is 8.93. The van der Waals surface area contributed by atoms with Gasteiger partial charge in [0.05, 0.1) is 11.3 Å². The second-order valence-corrected chi connectivity index (χ2v) is 11.8. The Balaban J connectivity index is 1.63. The van der Waals surface area contributed by atoms with Gasteiger partial charge in [0.1, 0.15) is 0 Å². The Morgan fingerprint density at radius 3 is 2.64 bits per heavy atom. The highest BCUT2D eigenvalue weighted by molar-refractivity contribution is 6.00. The highest BCUT2D eigenvalue weighted by atomic mass is 16.4. The lowest BCUT2D eigenvalue weighted by atomic mass is 9.79. The molecule has 0 amide bonds. The van der Waals surface area contributed by atoms with Crippen molar-refractivity contribution in [1.29, 1.82) is 0 Å². The molecule has 1 aromatic heterocycles. The maximum Gasteiger partial charge on any atom is 0.335 e. The summed E-state index contributed by atoms with van der Waals surface area (Å²) in [4.78, 5) is 14.5. The molecule has 188 valence electrons. The van der Waals surface area contributed by atoms with Gasteiger partial charge in [-0.15, -0.1) is 0 Å². The van der Waals surface area contributed by atoms with E-state index in [1.807, 2.05) is 12.1 Å². The van der Waals surface area contributed by atoms with Crippen LogP contribution in [0, 0.1) is 0 Å². The van der Waals surface area contributed by atoms with Crippen LogP contribution in [0.2, 0.25) is 0 Å². The zero-order chi connectivity index (χ0) is 25.0. The van der Waals surface area contributed by atoms with Crippen molar-refractivity contribution in [2.24, 2.45) is 0 Å². The molecule has 3 heterocycles. The Labute approximate surface area is 214 Å². The molecule has 2 aromatic carbocycles. The molecule has 3 aliphatic rings. The average Bonchev–Trinajstić information content (AvgIpc) is 3.34. The molecule has 1 atom stereocenters. The minimum atomic E-state index is -0.848. The quantitative estimate of drug-likeness (QED) is 0.385. The Kier molecular flexibility index (Phi) is 5.74. The third-order valence-electron chi connectivity index (χ3n) is 8.93. The second kappa shape index (κ2) is 8.83. The topological polar surface area (TPSA) is 45.5 Å². The van der Waals surface area contributed by atoms with E-state index in [4.69, 9.17) is 0 Å². The van der Waals surface area contributed by atoms with Crippen molar-refractivity contribution in [2.75, 3.05) is 18.0 Å². The number of aryl methyl sites for hydroxylation is 1. The van der Waals surface area contributed by atoms with Gasteiger partial charge in [0.15, 0.2) is 0 Å². The number of carboxylic acids is 1. The van der Waals surface area contributed by atoms with E-state index in [2.05, 4.69) is 60.6 Å². The van der Waals surface area contributed by atoms with Gasteiger partial charge in [0.2, 0.25) is 0 Å². The molecule has 1 aliphatic carbocycles. The minimum absolute atomic E-state index is 0.102. The van der Waals surface area contributed by atoms with Gasteiger partial charge in [-0.05, 0) is 68.7 Å². The molecule has 36 heavy (non-hydrogen) atoms. The maximum atomic E-state index is 11.9. The molecule has 6 rings (SSSR count). The molecule has 2 aliphatic heterocycles. The van der Waals surface area contributed by atoms with Crippen LogP contribution in [0.25, 0.3) is 22.2 Å². The number of fused-ring (bicyclic) bond motifs is 4. The largest absolute Gasteiger partial charge is 0.478 e. The first-order valence-electron chi connectivity index (χ1n) is 13.8. The molecule has 0 unspecified atom stereocenters. The summed E-state index contributed by atoms with van der Waals surface area (Å²) in [6.07, 6.45) is 10.9. The Morgan fingerprint density at radius 2 is 1.89 bits per heavy atom. The highest BCUT2D eigenvalue weighted by Gasteiger charge is 2.41. The van der Waals surface area contributed by atoms with Gasteiger partial charge >= 0.3 is 5.97 Å². The summed E-state index contributed by atoms with van der Waals surface area (Å²) in [5.74, 6) is -0.310. The number of aromatic nitrogens is 1. The standard InChI is InChI=1S/C32H38N2O2/c1-21(2)15-16-32(3)20-33-17-8-18-34-27-19-23(31(35)36)13-14-24(27)28(22-9-5-4-6-10-22)30(34)25-11-7-12-26(32)29(25)33/h7,11-15,19,22H,4-6,8-10,16-18,20H2,1-3H3,(H,35,36)/t32-/m1/s1. The maximum absolute atomic E-state index is 11.9. The van der Waals surface area contributed by atoms with Gasteiger partial charge < -0.3 is 14.6 Å². The predicted molar refractivity (Wildman–Crippen MR) is 148 cm³/mol. The highest BCUT2D eigenvalue weighted by Crippen LogP contribution is 2.52. The summed E-state index contributed by atoms with van der Waals surface area (Å²) in [5, 5.41) is 11.0. The summed E-state index contributed by atoms with van der Waals surface area (Å²) in [6, 6.07) is 12.8. The van der Waals surface area contributed by atoms with Crippen LogP contribution in [-0.2, 0) is 12.0 Å². The number of aromatic carboxylic acids is 1. The van der Waals surface area contributed by atoms with Gasteiger partial charge in [-0.2, -0.15) is 0 Å². The van der Waals surface area contributed by atoms with E-state index < -0.39 is 5.97 Å². The lowest BCUT2D eigenvalue weighted by molar-refractivity contribution is 0.0697. The molecule has 0 bridgehead atoms. The monoisotopic (exact) mass is 482 g/mol. The van der Waals surface area contributed by atoms with Crippen molar-refractivity contribution < 1.29 is 9.90 Å². The van der Waals surface area contributed by atoms with E-state index in [1.54, 1.807) is 0 Å². The van der Waals surface area contributed by atoms with Gasteiger partial charge in [-0.3, -0.25) is 0 Å². The molecule has 4 nitrogen and oxygen atoms in total. The van der Waals surface area contributed by atoms with Crippen molar-refractivity contribution >= 4 is 22.6 Å². The second-order valence-electron chi connectivity index (χ2n) is 11.8. The van der Waals surface area contributed by atoms with Crippen LogP contribution in [0.3, 0.4) is 0 Å². The molecule has 3 aromatic rings. The van der Waals surface area contributed by atoms with Crippen molar-refractivity contribution in [3.8, 4) is 11.3 Å². The fraction of sp³-hybridized carbons (Fsp3) is 0.469. The lowest BCUT2D eigenvalue weighted by Gasteiger charge is -2.29. The van der Waals surface area contributed by atoms with Crippen LogP contribution in [0.5, 0.6) is 0 Å². The van der Waals surface area contributed by atoms with Crippen LogP contribution >= 0.6 is 0 Å². The van der Waals surface area contributed by atoms with E-state index in [1.165, 1.54) is 71.1 Å². The summed E-state index contributed by atoms with van der Waals surface area (Å²) >= 11 is 0. The molecular weight excluding hydrogens is 444 g/mol. The number of benzene rings is 2. The van der Waals surface area contributed by atoms with Gasteiger partial charge in [-0.1, -0.05) is 62.1 Å². The number of anilines is 1. The SMILES string of the molecule is CC(C)=CC[C@]1(C)CN2CCCn3c(c(C4CCCCC4)c4ccc(C(=O)O)cc43)-c3cccc1c32. The van der Waals surface area contributed by atoms with E-state index in [9.17, 15) is 9.90 Å². The van der Waals surface area contributed by atoms with Crippen LogP contribution in [-0.4, -0.2) is 28.7 Å². The fourth-order valence-electron chi connectivity index (χ4n) is 7.20. The van der Waals surface area contributed by atoms with E-state index in [0.29, 0.717) is 11.5 Å². The molecule has 1 saturated carbocycles. The first kappa shape index (κ1) is 23.4. The lowest BCUT2D eigenvalue weighted by Crippen LogP contribution is -2.32. The fourth-order valence-corrected chi connectivity index (χ4v) is 7.20. The van der Waals surface area contributed by atoms with Crippen LogP contribution in [0.1, 0.15) is 93.1 Å². The van der Waals surface area contributed by atoms with Crippen LogP contribution in [0.4, 0.5) is 5.69 Å². The van der Waals surface area contributed by atoms with Crippen molar-refractivity contribution in [3.05, 3.63) is 64.7 Å². The minimum Gasteiger partial charge on any atom is -0.478 e. The first-order valence-corrected chi connectivity index (χ1v) is 13.8. The molecule has 0 spiro atoms. The number of allylic oxidation sites excluding steroid dienone is 2. The summed E-state index contributed by atoms with van der Waals surface area (Å²) in [6.45, 7) is 9.84. The number of hydrogen-bond acceptors (Lipinski definition) is 2. The number of para-hydroxylation sites is 1. The number of rotatable bonds is 4. The third kappa shape index (κ3) is 3.68. The molecule has 0 saturated heterocycles. The van der Waals surface area contributed by atoms with Gasteiger partial charge in [0.25, 0.3) is 0 Å². The van der Waals surface area contributed by atoms with Crippen LogP contribution < -0.4 is 4.90 Å². The number of carboxylic acid groups (broad SMARTS) is 1. The zero-order valence-electron chi connectivity index (χ0n) is 21.9. The molecular formula is C32H38N2O2. The van der Waals surface area contributed by atoms with Gasteiger partial charge in [-0.25, -0.2) is 4.79 Å². The summed E-state index contributed by atoms with van der Waals surface area (Å²) in [5.41, 5.74) is 10.0. The van der Waals surface area contributed by atoms with Gasteiger partial charge in [0, 0.05) is 47.2 Å². The van der Waals surface area contributed by atoms with E-state index >= 15 is 0 Å². The Morgan fingerprint density at radius 1 is 1.08 bits per heavy atom. The zero-order valence-corrected chi connectivity index (χ0v) is 21.9. The molecule has 0 radical (unpaired) electrons. The smallest absolute Gasteiger partial charge is 0.335 e. The van der Waals surface area contributed by atoms with Crippen LogP contribution in [0.15, 0.2) is 48.0 Å². The van der Waals surface area contributed by atoms with E-state index in [-0.39, 0.29) is 5.41 Å². The van der Waals surface area contributed by atoms with Crippen molar-refractivity contribution in [3.63, 3.8) is 0 Å². The Bertz CT molecular complexity index is 1370. The molecule has 1 fully saturated rings. The van der Waals surface area contributed by atoms with Crippen molar-refractivity contribution in [2.45, 2.75) is 83.6 Å².